The number of ketones is 1. The van der Waals surface area contributed by atoms with Crippen LogP contribution in [0.15, 0.2) is 23.0 Å². The van der Waals surface area contributed by atoms with E-state index in [0.717, 1.165) is 5.57 Å². The van der Waals surface area contributed by atoms with Crippen molar-refractivity contribution in [3.05, 3.63) is 23.0 Å². The molecule has 2 saturated heterocycles. The standard InChI is InChI=1S/C24H34N2O8/c1-4-33-23(31)20(28)18-10-7-14-26(22(18)30)13-5-8-16(2)11-15-34-24(32)19(27)17-9-6-12-25(3)21(17)29/h8,17,28H,4-7,9-15H2,1-3H3/b16-8+,20-18-. The van der Waals surface area contributed by atoms with E-state index in [2.05, 4.69) is 0 Å². The maximum Gasteiger partial charge on any atom is 0.375 e. The van der Waals surface area contributed by atoms with Gasteiger partial charge >= 0.3 is 11.9 Å². The number of piperidine rings is 2. The molecule has 34 heavy (non-hydrogen) atoms. The highest BCUT2D eigenvalue weighted by Gasteiger charge is 2.36. The zero-order chi connectivity index (χ0) is 25.3. The molecule has 0 aromatic rings. The Labute approximate surface area is 199 Å². The number of esters is 2. The largest absolute Gasteiger partial charge is 0.501 e. The number of Topliss-reactive ketones (excluding diaryl/α,β-unsaturated/α-hetero) is 1. The summed E-state index contributed by atoms with van der Waals surface area (Å²) in [6.07, 6.45) is 4.86. The Hall–Kier alpha value is -3.17. The topological polar surface area (TPSA) is 131 Å². The van der Waals surface area contributed by atoms with Gasteiger partial charge in [0.1, 0.15) is 5.92 Å². The Balaban J connectivity index is 1.78. The summed E-state index contributed by atoms with van der Waals surface area (Å²) in [6, 6.07) is 0. The highest BCUT2D eigenvalue weighted by molar-refractivity contribution is 6.38. The average molecular weight is 479 g/mol. The van der Waals surface area contributed by atoms with Crippen LogP contribution in [-0.2, 0) is 33.4 Å². The van der Waals surface area contributed by atoms with Crippen LogP contribution in [0.1, 0.15) is 52.4 Å². The molecule has 0 aromatic heterocycles. The van der Waals surface area contributed by atoms with Crippen LogP contribution in [0, 0.1) is 5.92 Å². The molecule has 1 N–H and O–H groups in total. The van der Waals surface area contributed by atoms with Crippen molar-refractivity contribution < 1.29 is 38.6 Å². The van der Waals surface area contributed by atoms with Crippen molar-refractivity contribution in [2.75, 3.05) is 39.9 Å². The molecule has 2 aliphatic heterocycles. The molecule has 10 heteroatoms. The van der Waals surface area contributed by atoms with E-state index in [0.29, 0.717) is 58.2 Å². The van der Waals surface area contributed by atoms with E-state index in [4.69, 9.17) is 9.47 Å². The van der Waals surface area contributed by atoms with Gasteiger partial charge in [0.25, 0.3) is 11.7 Å². The van der Waals surface area contributed by atoms with Crippen LogP contribution in [0.25, 0.3) is 0 Å². The molecule has 2 fully saturated rings. The summed E-state index contributed by atoms with van der Waals surface area (Å²) in [5.41, 5.74) is 0.993. The van der Waals surface area contributed by atoms with Crippen molar-refractivity contribution >= 4 is 29.5 Å². The Morgan fingerprint density at radius 2 is 1.85 bits per heavy atom. The van der Waals surface area contributed by atoms with Gasteiger partial charge in [-0.1, -0.05) is 11.6 Å². The van der Waals surface area contributed by atoms with Crippen LogP contribution in [-0.4, -0.2) is 84.3 Å². The third kappa shape index (κ3) is 7.16. The lowest BCUT2D eigenvalue weighted by molar-refractivity contribution is -0.159. The van der Waals surface area contributed by atoms with Crippen LogP contribution in [0.4, 0.5) is 0 Å². The third-order valence-electron chi connectivity index (χ3n) is 5.95. The first-order valence-electron chi connectivity index (χ1n) is 11.7. The van der Waals surface area contributed by atoms with E-state index in [1.807, 2.05) is 13.0 Å². The summed E-state index contributed by atoms with van der Waals surface area (Å²) in [4.78, 5) is 63.7. The van der Waals surface area contributed by atoms with Gasteiger partial charge in [-0.05, 0) is 46.0 Å². The lowest BCUT2D eigenvalue weighted by atomic mass is 9.93. The fourth-order valence-corrected chi connectivity index (χ4v) is 3.96. The quantitative estimate of drug-likeness (QED) is 0.125. The number of hydrogen-bond acceptors (Lipinski definition) is 8. The molecule has 0 radical (unpaired) electrons. The summed E-state index contributed by atoms with van der Waals surface area (Å²) in [5, 5.41) is 10.0. The van der Waals surface area contributed by atoms with Crippen molar-refractivity contribution in [2.24, 2.45) is 5.92 Å². The number of amides is 2. The predicted molar refractivity (Wildman–Crippen MR) is 121 cm³/mol. The second-order valence-corrected chi connectivity index (χ2v) is 8.49. The van der Waals surface area contributed by atoms with Crippen LogP contribution in [0.3, 0.4) is 0 Å². The summed E-state index contributed by atoms with van der Waals surface area (Å²) in [7, 11) is 1.61. The monoisotopic (exact) mass is 478 g/mol. The molecule has 0 aliphatic carbocycles. The second kappa shape index (κ2) is 12.9. The zero-order valence-electron chi connectivity index (χ0n) is 20.1. The van der Waals surface area contributed by atoms with Crippen LogP contribution >= 0.6 is 0 Å². The molecule has 2 aliphatic rings. The number of hydrogen-bond donors (Lipinski definition) is 1. The van der Waals surface area contributed by atoms with Gasteiger partial charge in [-0.3, -0.25) is 14.4 Å². The molecular formula is C24H34N2O8. The molecule has 2 rings (SSSR count). The molecule has 2 heterocycles. The summed E-state index contributed by atoms with van der Waals surface area (Å²) >= 11 is 0. The number of carbonyl (C=O) groups excluding carboxylic acids is 5. The highest BCUT2D eigenvalue weighted by Crippen LogP contribution is 2.21. The van der Waals surface area contributed by atoms with Gasteiger partial charge in [-0.25, -0.2) is 9.59 Å². The maximum atomic E-state index is 12.6. The number of aliphatic hydroxyl groups excluding tert-OH is 1. The van der Waals surface area contributed by atoms with Gasteiger partial charge in [0.15, 0.2) is 0 Å². The number of likely N-dealkylation sites (tertiary alicyclic amines) is 2. The smallest absolute Gasteiger partial charge is 0.375 e. The SMILES string of the molecule is CCOC(=O)/C(O)=C1\CCCN(CC/C=C(\C)CCOC(=O)C(=O)C2CCCN(C)C2=O)C1=O. The van der Waals surface area contributed by atoms with E-state index in [-0.39, 0.29) is 30.6 Å². The van der Waals surface area contributed by atoms with Crippen molar-refractivity contribution in [3.8, 4) is 0 Å². The molecule has 1 atom stereocenters. The molecule has 0 spiro atoms. The lowest BCUT2D eigenvalue weighted by Crippen LogP contribution is -2.44. The van der Waals surface area contributed by atoms with Crippen molar-refractivity contribution in [2.45, 2.75) is 52.4 Å². The molecule has 10 nitrogen and oxygen atoms in total. The zero-order valence-corrected chi connectivity index (χ0v) is 20.1. The Morgan fingerprint density at radius 1 is 1.12 bits per heavy atom. The fraction of sp³-hybridized carbons (Fsp3) is 0.625. The summed E-state index contributed by atoms with van der Waals surface area (Å²) in [5.74, 6) is -4.97. The van der Waals surface area contributed by atoms with E-state index in [1.165, 1.54) is 4.90 Å². The number of aliphatic hydroxyl groups is 1. The molecule has 1 unspecified atom stereocenters. The Kier molecular flexibility index (Phi) is 10.3. The summed E-state index contributed by atoms with van der Waals surface area (Å²) < 4.78 is 9.83. The maximum absolute atomic E-state index is 12.6. The molecular weight excluding hydrogens is 444 g/mol. The lowest BCUT2D eigenvalue weighted by Gasteiger charge is -2.28. The molecule has 0 bridgehead atoms. The predicted octanol–water partition coefficient (Wildman–Crippen LogP) is 1.69. The number of carbonyl (C=O) groups is 5. The number of rotatable bonds is 10. The van der Waals surface area contributed by atoms with Crippen LogP contribution in [0.5, 0.6) is 0 Å². The van der Waals surface area contributed by atoms with E-state index in [9.17, 15) is 29.1 Å². The van der Waals surface area contributed by atoms with Crippen LogP contribution in [0.2, 0.25) is 0 Å². The molecule has 2 amide bonds. The average Bonchev–Trinajstić information content (AvgIpc) is 2.81. The number of nitrogens with zero attached hydrogens (tertiary/aromatic N) is 2. The molecule has 188 valence electrons. The highest BCUT2D eigenvalue weighted by atomic mass is 16.5. The summed E-state index contributed by atoms with van der Waals surface area (Å²) in [6.45, 7) is 5.12. The fourth-order valence-electron chi connectivity index (χ4n) is 3.96. The van der Waals surface area contributed by atoms with Crippen LogP contribution < -0.4 is 0 Å². The van der Waals surface area contributed by atoms with Crippen molar-refractivity contribution in [3.63, 3.8) is 0 Å². The number of ether oxygens (including phenoxy) is 2. The van der Waals surface area contributed by atoms with Gasteiger partial charge < -0.3 is 24.4 Å². The minimum absolute atomic E-state index is 0.0204. The first-order chi connectivity index (χ1) is 16.2. The first-order valence-corrected chi connectivity index (χ1v) is 11.7. The van der Waals surface area contributed by atoms with E-state index < -0.39 is 29.4 Å². The minimum Gasteiger partial charge on any atom is -0.501 e. The third-order valence-corrected chi connectivity index (χ3v) is 5.95. The van der Waals surface area contributed by atoms with E-state index >= 15 is 0 Å². The van der Waals surface area contributed by atoms with Gasteiger partial charge in [-0.2, -0.15) is 0 Å². The van der Waals surface area contributed by atoms with Gasteiger partial charge in [0.2, 0.25) is 11.7 Å². The second-order valence-electron chi connectivity index (χ2n) is 8.49. The Morgan fingerprint density at radius 3 is 2.56 bits per heavy atom. The normalized spacial score (nSPS) is 20.8. The van der Waals surface area contributed by atoms with Gasteiger partial charge in [0, 0.05) is 33.1 Å². The van der Waals surface area contributed by atoms with Crippen molar-refractivity contribution in [1.29, 1.82) is 0 Å². The molecule has 0 saturated carbocycles. The van der Waals surface area contributed by atoms with Crippen molar-refractivity contribution in [1.82, 2.24) is 9.80 Å². The first kappa shape index (κ1) is 27.1. The van der Waals surface area contributed by atoms with E-state index in [1.54, 1.807) is 18.9 Å². The molecule has 0 aromatic carbocycles. The Bertz CT molecular complexity index is 876. The minimum atomic E-state index is -0.985. The van der Waals surface area contributed by atoms with Gasteiger partial charge in [-0.15, -0.1) is 0 Å². The van der Waals surface area contributed by atoms with Gasteiger partial charge in [0.05, 0.1) is 18.8 Å².